The molecule has 4 heteroatoms. The highest BCUT2D eigenvalue weighted by atomic mass is 32.2. The smallest absolute Gasteiger partial charge is 0.240 e. The third-order valence-corrected chi connectivity index (χ3v) is 5.92. The minimum absolute atomic E-state index is 0.0663. The summed E-state index contributed by atoms with van der Waals surface area (Å²) in [4.78, 5) is 12.2. The fraction of sp³-hybridized carbons (Fsp3) is 0.857. The maximum Gasteiger partial charge on any atom is 0.240 e. The van der Waals surface area contributed by atoms with E-state index in [1.807, 2.05) is 0 Å². The lowest BCUT2D eigenvalue weighted by atomic mass is 9.63. The first kappa shape index (κ1) is 15.4. The van der Waals surface area contributed by atoms with Crippen molar-refractivity contribution in [3.8, 4) is 6.07 Å². The third kappa shape index (κ3) is 2.83. The normalized spacial score (nSPS) is 27.2. The quantitative estimate of drug-likeness (QED) is 0.805. The van der Waals surface area contributed by atoms with E-state index in [1.165, 1.54) is 0 Å². The molecule has 0 aromatic rings. The number of carbonyl (C=O) groups is 1. The van der Waals surface area contributed by atoms with Crippen LogP contribution in [0.15, 0.2) is 0 Å². The van der Waals surface area contributed by atoms with Gasteiger partial charge in [-0.2, -0.15) is 17.0 Å². The van der Waals surface area contributed by atoms with E-state index < -0.39 is 5.41 Å². The number of carbonyl (C=O) groups excluding carboxylic acids is 1. The highest BCUT2D eigenvalue weighted by Gasteiger charge is 2.49. The summed E-state index contributed by atoms with van der Waals surface area (Å²) in [5, 5.41) is 12.2. The minimum atomic E-state index is -0.745. The monoisotopic (exact) mass is 268 g/mol. The van der Waals surface area contributed by atoms with Gasteiger partial charge < -0.3 is 5.32 Å². The van der Waals surface area contributed by atoms with Gasteiger partial charge in [0.1, 0.15) is 5.41 Å². The van der Waals surface area contributed by atoms with E-state index in [2.05, 4.69) is 38.4 Å². The van der Waals surface area contributed by atoms with E-state index in [0.29, 0.717) is 25.3 Å². The van der Waals surface area contributed by atoms with E-state index >= 15 is 0 Å². The average Bonchev–Trinajstić information content (AvgIpc) is 2.36. The Morgan fingerprint density at radius 3 is 2.39 bits per heavy atom. The molecule has 1 amide bonds. The molecule has 0 aromatic heterocycles. The SMILES string of the molecule is CCC(CC)(CNC(=O)C1(C#N)CC(C)C1)SC. The Balaban J connectivity index is 2.58. The molecule has 0 unspecified atom stereocenters. The van der Waals surface area contributed by atoms with E-state index in [4.69, 9.17) is 0 Å². The molecule has 1 saturated carbocycles. The molecule has 102 valence electrons. The molecule has 0 aliphatic heterocycles. The van der Waals surface area contributed by atoms with Gasteiger partial charge in [0.05, 0.1) is 6.07 Å². The Morgan fingerprint density at radius 1 is 1.50 bits per heavy atom. The molecule has 1 fully saturated rings. The van der Waals surface area contributed by atoms with Crippen molar-refractivity contribution in [1.82, 2.24) is 5.32 Å². The predicted octanol–water partition coefficient (Wildman–Crippen LogP) is 2.96. The van der Waals surface area contributed by atoms with Gasteiger partial charge in [-0.05, 0) is 37.9 Å². The van der Waals surface area contributed by atoms with E-state index in [-0.39, 0.29) is 10.7 Å². The first-order valence-electron chi connectivity index (χ1n) is 6.72. The molecule has 1 rings (SSSR count). The van der Waals surface area contributed by atoms with Gasteiger partial charge in [-0.15, -0.1) is 0 Å². The summed E-state index contributed by atoms with van der Waals surface area (Å²) >= 11 is 1.81. The molecule has 0 spiro atoms. The fourth-order valence-electron chi connectivity index (χ4n) is 2.73. The van der Waals surface area contributed by atoms with Crippen molar-refractivity contribution >= 4 is 17.7 Å². The number of nitrogens with one attached hydrogen (secondary N) is 1. The van der Waals surface area contributed by atoms with Gasteiger partial charge in [0.25, 0.3) is 0 Å². The van der Waals surface area contributed by atoms with Crippen LogP contribution in [0.3, 0.4) is 0 Å². The molecule has 1 N–H and O–H groups in total. The maximum absolute atomic E-state index is 12.2. The molecule has 1 aliphatic carbocycles. The molecular formula is C14H24N2OS. The summed E-state index contributed by atoms with van der Waals surface area (Å²) in [7, 11) is 0. The Morgan fingerprint density at radius 2 is 2.06 bits per heavy atom. The van der Waals surface area contributed by atoms with Crippen LogP contribution in [0, 0.1) is 22.7 Å². The van der Waals surface area contributed by atoms with Crippen LogP contribution in [0.5, 0.6) is 0 Å². The summed E-state index contributed by atoms with van der Waals surface area (Å²) < 4.78 is 0.113. The Bertz CT molecular complexity index is 330. The lowest BCUT2D eigenvalue weighted by Crippen LogP contribution is -2.51. The van der Waals surface area contributed by atoms with Crippen molar-refractivity contribution in [1.29, 1.82) is 5.26 Å². The number of hydrogen-bond donors (Lipinski definition) is 1. The van der Waals surface area contributed by atoms with Gasteiger partial charge >= 0.3 is 0 Å². The van der Waals surface area contributed by atoms with Crippen LogP contribution in [0.4, 0.5) is 0 Å². The minimum Gasteiger partial charge on any atom is -0.353 e. The summed E-state index contributed by atoms with van der Waals surface area (Å²) in [6.07, 6.45) is 5.56. The first-order valence-corrected chi connectivity index (χ1v) is 7.94. The molecular weight excluding hydrogens is 244 g/mol. The topological polar surface area (TPSA) is 52.9 Å². The van der Waals surface area contributed by atoms with Crippen molar-refractivity contribution in [2.24, 2.45) is 11.3 Å². The summed E-state index contributed by atoms with van der Waals surface area (Å²) in [6.45, 7) is 7.06. The second-order valence-electron chi connectivity index (χ2n) is 5.48. The molecule has 0 bridgehead atoms. The van der Waals surface area contributed by atoms with Crippen LogP contribution in [0.25, 0.3) is 0 Å². The van der Waals surface area contributed by atoms with Gasteiger partial charge in [0.15, 0.2) is 0 Å². The Labute approximate surface area is 115 Å². The van der Waals surface area contributed by atoms with Crippen LogP contribution in [0.2, 0.25) is 0 Å². The number of amides is 1. The standard InChI is InChI=1S/C14H24N2OS/c1-5-14(6-2,18-4)10-16-12(17)13(9-15)7-11(3)8-13/h11H,5-8,10H2,1-4H3,(H,16,17). The fourth-order valence-corrected chi connectivity index (χ4v) is 3.52. The molecule has 18 heavy (non-hydrogen) atoms. The predicted molar refractivity (Wildman–Crippen MR) is 76.3 cm³/mol. The number of thioether (sulfide) groups is 1. The van der Waals surface area contributed by atoms with Crippen LogP contribution >= 0.6 is 11.8 Å². The van der Waals surface area contributed by atoms with Crippen LogP contribution < -0.4 is 5.32 Å². The molecule has 0 atom stereocenters. The van der Waals surface area contributed by atoms with Gasteiger partial charge in [-0.25, -0.2) is 0 Å². The highest BCUT2D eigenvalue weighted by Crippen LogP contribution is 2.45. The van der Waals surface area contributed by atoms with Crippen molar-refractivity contribution in [3.63, 3.8) is 0 Å². The van der Waals surface area contributed by atoms with Crippen molar-refractivity contribution in [2.75, 3.05) is 12.8 Å². The van der Waals surface area contributed by atoms with Crippen molar-refractivity contribution in [2.45, 2.75) is 51.2 Å². The molecule has 0 saturated heterocycles. The van der Waals surface area contributed by atoms with Gasteiger partial charge in [0, 0.05) is 11.3 Å². The molecule has 1 aliphatic rings. The van der Waals surface area contributed by atoms with Gasteiger partial charge in [0.2, 0.25) is 5.91 Å². The molecule has 3 nitrogen and oxygen atoms in total. The third-order valence-electron chi connectivity index (χ3n) is 4.34. The van der Waals surface area contributed by atoms with Gasteiger partial charge in [-0.3, -0.25) is 4.79 Å². The summed E-state index contributed by atoms with van der Waals surface area (Å²) in [5.41, 5.74) is -0.745. The van der Waals surface area contributed by atoms with Crippen molar-refractivity contribution < 1.29 is 4.79 Å². The highest BCUT2D eigenvalue weighted by molar-refractivity contribution is 8.00. The van der Waals surface area contributed by atoms with Crippen LogP contribution in [-0.2, 0) is 4.79 Å². The number of hydrogen-bond acceptors (Lipinski definition) is 3. The Hall–Kier alpha value is -0.690. The molecule has 0 heterocycles. The average molecular weight is 268 g/mol. The lowest BCUT2D eigenvalue weighted by molar-refractivity contribution is -0.134. The van der Waals surface area contributed by atoms with E-state index in [1.54, 1.807) is 11.8 Å². The zero-order chi connectivity index (χ0) is 13.8. The van der Waals surface area contributed by atoms with Crippen LogP contribution in [-0.4, -0.2) is 23.5 Å². The van der Waals surface area contributed by atoms with E-state index in [9.17, 15) is 10.1 Å². The zero-order valence-corrected chi connectivity index (χ0v) is 12.7. The molecule has 0 radical (unpaired) electrons. The maximum atomic E-state index is 12.2. The summed E-state index contributed by atoms with van der Waals surface area (Å²) in [5.74, 6) is 0.432. The largest absolute Gasteiger partial charge is 0.353 e. The second kappa shape index (κ2) is 5.97. The number of nitrogens with zero attached hydrogens (tertiary/aromatic N) is 1. The Kier molecular flexibility index (Phi) is 5.10. The van der Waals surface area contributed by atoms with Crippen LogP contribution in [0.1, 0.15) is 46.5 Å². The van der Waals surface area contributed by atoms with E-state index in [0.717, 1.165) is 12.8 Å². The molecule has 0 aromatic carbocycles. The number of nitriles is 1. The second-order valence-corrected chi connectivity index (χ2v) is 6.76. The van der Waals surface area contributed by atoms with Crippen molar-refractivity contribution in [3.05, 3.63) is 0 Å². The summed E-state index contributed by atoms with van der Waals surface area (Å²) in [6, 6.07) is 2.22. The first-order chi connectivity index (χ1) is 8.47. The zero-order valence-electron chi connectivity index (χ0n) is 11.9. The lowest BCUT2D eigenvalue weighted by Gasteiger charge is -2.40. The number of rotatable bonds is 6. The van der Waals surface area contributed by atoms with Gasteiger partial charge in [-0.1, -0.05) is 20.8 Å².